The van der Waals surface area contributed by atoms with E-state index in [2.05, 4.69) is 5.32 Å². The van der Waals surface area contributed by atoms with Crippen LogP contribution in [0.2, 0.25) is 0 Å². The summed E-state index contributed by atoms with van der Waals surface area (Å²) >= 11 is 1.72. The minimum Gasteiger partial charge on any atom is -0.478 e. The Bertz CT molecular complexity index is 815. The van der Waals surface area contributed by atoms with Gasteiger partial charge in [0.25, 0.3) is 0 Å². The lowest BCUT2D eigenvalue weighted by molar-refractivity contribution is -0.133. The summed E-state index contributed by atoms with van der Waals surface area (Å²) in [5.74, 6) is -1.39. The van der Waals surface area contributed by atoms with Gasteiger partial charge in [-0.15, -0.1) is 11.3 Å². The summed E-state index contributed by atoms with van der Waals surface area (Å²) in [4.78, 5) is 38.4. The van der Waals surface area contributed by atoms with Crippen molar-refractivity contribution < 1.29 is 19.5 Å². The van der Waals surface area contributed by atoms with Gasteiger partial charge in [0, 0.05) is 36.5 Å². The summed E-state index contributed by atoms with van der Waals surface area (Å²) in [6.07, 6.45) is 1.08. The molecule has 6 nitrogen and oxygen atoms in total. The second kappa shape index (κ2) is 7.48. The predicted molar refractivity (Wildman–Crippen MR) is 94.7 cm³/mol. The number of carbonyl (C=O) groups excluding carboxylic acids is 2. The second-order valence-electron chi connectivity index (χ2n) is 5.87. The molecule has 0 saturated carbocycles. The Morgan fingerprint density at radius 1 is 1.20 bits per heavy atom. The average Bonchev–Trinajstić information content (AvgIpc) is 3.07. The third kappa shape index (κ3) is 4.24. The summed E-state index contributed by atoms with van der Waals surface area (Å²) in [6.45, 7) is 1.30. The first-order valence-corrected chi connectivity index (χ1v) is 8.87. The summed E-state index contributed by atoms with van der Waals surface area (Å²) in [6, 6.07) is 8.08. The highest BCUT2D eigenvalue weighted by Gasteiger charge is 2.21. The Morgan fingerprint density at radius 2 is 2.04 bits per heavy atom. The summed E-state index contributed by atoms with van der Waals surface area (Å²) < 4.78 is 0. The van der Waals surface area contributed by atoms with Crippen LogP contribution in [0, 0.1) is 0 Å². The van der Waals surface area contributed by atoms with Crippen molar-refractivity contribution in [1.29, 1.82) is 0 Å². The standard InChI is InChI=1S/C18H18N2O4S/c21-16(19-14-3-1-2-12(10-14)18(23)24)4-5-17(22)20-8-6-15-13(11-20)7-9-25-15/h1-3,7,9-10H,4-6,8,11H2,(H,19,21)(H,23,24). The Morgan fingerprint density at radius 3 is 2.84 bits per heavy atom. The number of amides is 2. The first kappa shape index (κ1) is 17.2. The molecule has 0 spiro atoms. The molecule has 2 N–H and O–H groups in total. The molecule has 7 heteroatoms. The van der Waals surface area contributed by atoms with Crippen LogP contribution in [0.3, 0.4) is 0 Å². The molecule has 3 rings (SSSR count). The fourth-order valence-electron chi connectivity index (χ4n) is 2.79. The lowest BCUT2D eigenvalue weighted by Crippen LogP contribution is -2.35. The predicted octanol–water partition coefficient (Wildman–Crippen LogP) is 2.75. The van der Waals surface area contributed by atoms with Crippen LogP contribution in [-0.2, 0) is 22.6 Å². The fourth-order valence-corrected chi connectivity index (χ4v) is 3.68. The third-order valence-electron chi connectivity index (χ3n) is 4.12. The van der Waals surface area contributed by atoms with E-state index in [1.54, 1.807) is 28.4 Å². The molecule has 2 amide bonds. The maximum Gasteiger partial charge on any atom is 0.335 e. The van der Waals surface area contributed by atoms with E-state index in [-0.39, 0.29) is 30.2 Å². The zero-order valence-corrected chi connectivity index (χ0v) is 14.3. The molecule has 2 aromatic rings. The highest BCUT2D eigenvalue weighted by molar-refractivity contribution is 7.10. The SMILES string of the molecule is O=C(CCC(=O)N1CCc2sccc2C1)Nc1cccc(C(=O)O)c1. The van der Waals surface area contributed by atoms with E-state index in [9.17, 15) is 14.4 Å². The largest absolute Gasteiger partial charge is 0.478 e. The lowest BCUT2D eigenvalue weighted by Gasteiger charge is -2.27. The maximum atomic E-state index is 12.3. The molecule has 0 bridgehead atoms. The van der Waals surface area contributed by atoms with Crippen molar-refractivity contribution in [3.05, 3.63) is 51.7 Å². The number of carboxylic acids is 1. The Balaban J connectivity index is 1.50. The number of anilines is 1. The van der Waals surface area contributed by atoms with E-state index in [1.165, 1.54) is 22.6 Å². The van der Waals surface area contributed by atoms with E-state index in [1.807, 2.05) is 11.4 Å². The van der Waals surface area contributed by atoms with Crippen LogP contribution in [0.4, 0.5) is 5.69 Å². The number of hydrogen-bond donors (Lipinski definition) is 2. The normalized spacial score (nSPS) is 13.2. The molecule has 0 saturated heterocycles. The van der Waals surface area contributed by atoms with Crippen molar-refractivity contribution in [3.8, 4) is 0 Å². The van der Waals surface area contributed by atoms with Crippen LogP contribution in [-0.4, -0.2) is 34.3 Å². The number of benzene rings is 1. The Labute approximate surface area is 149 Å². The molecule has 0 fully saturated rings. The number of fused-ring (bicyclic) bond motifs is 1. The van der Waals surface area contributed by atoms with E-state index >= 15 is 0 Å². The summed E-state index contributed by atoms with van der Waals surface area (Å²) in [7, 11) is 0. The minimum absolute atomic E-state index is 0.0358. The minimum atomic E-state index is -1.05. The third-order valence-corrected chi connectivity index (χ3v) is 5.14. The van der Waals surface area contributed by atoms with Crippen LogP contribution in [0.15, 0.2) is 35.7 Å². The molecule has 130 valence electrons. The molecule has 1 aliphatic heterocycles. The number of aromatic carboxylic acids is 1. The quantitative estimate of drug-likeness (QED) is 0.860. The first-order valence-electron chi connectivity index (χ1n) is 7.99. The van der Waals surface area contributed by atoms with Gasteiger partial charge in [-0.3, -0.25) is 9.59 Å². The Hall–Kier alpha value is -2.67. The van der Waals surface area contributed by atoms with E-state index < -0.39 is 5.97 Å². The number of carbonyl (C=O) groups is 3. The molecule has 2 heterocycles. The molecule has 0 radical (unpaired) electrons. The molecule has 1 aromatic heterocycles. The number of nitrogens with zero attached hydrogens (tertiary/aromatic N) is 1. The highest BCUT2D eigenvalue weighted by atomic mass is 32.1. The topological polar surface area (TPSA) is 86.7 Å². The average molecular weight is 358 g/mol. The first-order chi connectivity index (χ1) is 12.0. The highest BCUT2D eigenvalue weighted by Crippen LogP contribution is 2.24. The van der Waals surface area contributed by atoms with Crippen molar-refractivity contribution in [3.63, 3.8) is 0 Å². The number of rotatable bonds is 5. The zero-order chi connectivity index (χ0) is 17.8. The monoisotopic (exact) mass is 358 g/mol. The van der Waals surface area contributed by atoms with Crippen molar-refractivity contribution >= 4 is 34.8 Å². The van der Waals surface area contributed by atoms with Crippen LogP contribution < -0.4 is 5.32 Å². The van der Waals surface area contributed by atoms with E-state index in [0.717, 1.165) is 6.42 Å². The second-order valence-corrected chi connectivity index (χ2v) is 6.87. The molecular weight excluding hydrogens is 340 g/mol. The maximum absolute atomic E-state index is 12.3. The van der Waals surface area contributed by atoms with Crippen LogP contribution in [0.1, 0.15) is 33.6 Å². The fraction of sp³-hybridized carbons (Fsp3) is 0.278. The Kier molecular flexibility index (Phi) is 5.14. The molecule has 0 atom stereocenters. The summed E-state index contributed by atoms with van der Waals surface area (Å²) in [5.41, 5.74) is 1.71. The van der Waals surface area contributed by atoms with Gasteiger partial charge >= 0.3 is 5.97 Å². The van der Waals surface area contributed by atoms with Gasteiger partial charge in [0.2, 0.25) is 11.8 Å². The molecule has 25 heavy (non-hydrogen) atoms. The smallest absolute Gasteiger partial charge is 0.335 e. The van der Waals surface area contributed by atoms with Crippen molar-refractivity contribution in [1.82, 2.24) is 4.90 Å². The number of nitrogens with one attached hydrogen (secondary N) is 1. The number of hydrogen-bond acceptors (Lipinski definition) is 4. The van der Waals surface area contributed by atoms with Crippen molar-refractivity contribution in [2.24, 2.45) is 0 Å². The van der Waals surface area contributed by atoms with Gasteiger partial charge in [0.05, 0.1) is 5.56 Å². The molecule has 0 aliphatic carbocycles. The van der Waals surface area contributed by atoms with Crippen LogP contribution >= 0.6 is 11.3 Å². The van der Waals surface area contributed by atoms with Gasteiger partial charge in [-0.1, -0.05) is 6.07 Å². The van der Waals surface area contributed by atoms with Gasteiger partial charge in [0.1, 0.15) is 0 Å². The van der Waals surface area contributed by atoms with E-state index in [0.29, 0.717) is 18.8 Å². The molecular formula is C18H18N2O4S. The summed E-state index contributed by atoms with van der Waals surface area (Å²) in [5, 5.41) is 13.6. The number of carboxylic acid groups (broad SMARTS) is 1. The van der Waals surface area contributed by atoms with Gasteiger partial charge in [-0.2, -0.15) is 0 Å². The van der Waals surface area contributed by atoms with Gasteiger partial charge in [-0.05, 0) is 41.6 Å². The lowest BCUT2D eigenvalue weighted by atomic mass is 10.1. The molecule has 0 unspecified atom stereocenters. The van der Waals surface area contributed by atoms with Crippen LogP contribution in [0.25, 0.3) is 0 Å². The molecule has 1 aliphatic rings. The van der Waals surface area contributed by atoms with E-state index in [4.69, 9.17) is 5.11 Å². The van der Waals surface area contributed by atoms with Gasteiger partial charge in [-0.25, -0.2) is 4.79 Å². The zero-order valence-electron chi connectivity index (χ0n) is 13.5. The van der Waals surface area contributed by atoms with Crippen LogP contribution in [0.5, 0.6) is 0 Å². The number of thiophene rings is 1. The molecule has 1 aromatic carbocycles. The van der Waals surface area contributed by atoms with Crippen molar-refractivity contribution in [2.75, 3.05) is 11.9 Å². The van der Waals surface area contributed by atoms with Gasteiger partial charge < -0.3 is 15.3 Å². The van der Waals surface area contributed by atoms with Crippen molar-refractivity contribution in [2.45, 2.75) is 25.8 Å². The van der Waals surface area contributed by atoms with Gasteiger partial charge in [0.15, 0.2) is 0 Å².